The first kappa shape index (κ1) is 17.0. The van der Waals surface area contributed by atoms with E-state index in [0.29, 0.717) is 35.2 Å². The fraction of sp³-hybridized carbons (Fsp3) is 0.316. The zero-order valence-corrected chi connectivity index (χ0v) is 15.1. The molecular weight excluding hydrogens is 356 g/mol. The normalized spacial score (nSPS) is 18.7. The van der Waals surface area contributed by atoms with Gasteiger partial charge < -0.3 is 24.4 Å². The second kappa shape index (κ2) is 7.05. The van der Waals surface area contributed by atoms with E-state index in [1.54, 1.807) is 19.2 Å². The van der Waals surface area contributed by atoms with E-state index < -0.39 is 0 Å². The zero-order valence-electron chi connectivity index (χ0n) is 14.3. The minimum Gasteiger partial charge on any atom is -0.496 e. The van der Waals surface area contributed by atoms with Gasteiger partial charge in [-0.2, -0.15) is 0 Å². The summed E-state index contributed by atoms with van der Waals surface area (Å²) in [5.74, 6) is 1.67. The average molecular weight is 375 g/mol. The maximum atomic E-state index is 13.2. The van der Waals surface area contributed by atoms with Crippen molar-refractivity contribution in [1.82, 2.24) is 10.2 Å². The molecule has 6 nitrogen and oxygen atoms in total. The Labute approximate surface area is 156 Å². The largest absolute Gasteiger partial charge is 0.496 e. The lowest BCUT2D eigenvalue weighted by Gasteiger charge is -2.37. The van der Waals surface area contributed by atoms with Crippen molar-refractivity contribution < 1.29 is 19.0 Å². The van der Waals surface area contributed by atoms with Crippen LogP contribution in [0.2, 0.25) is 5.02 Å². The third kappa shape index (κ3) is 2.95. The summed E-state index contributed by atoms with van der Waals surface area (Å²) in [6, 6.07) is 11.0. The standard InChI is InChI=1S/C19H19ClN2O4/c1-24-16-5-3-2-4-13(16)15-10-21-6-7-22(15)19(23)12-8-14(20)18-17(9-12)25-11-26-18/h2-5,8-9,15,21H,6-7,10-11H2,1H3. The molecule has 2 aliphatic heterocycles. The highest BCUT2D eigenvalue weighted by Crippen LogP contribution is 2.40. The third-order valence-electron chi connectivity index (χ3n) is 4.68. The van der Waals surface area contributed by atoms with Gasteiger partial charge in [-0.25, -0.2) is 0 Å². The van der Waals surface area contributed by atoms with Crippen molar-refractivity contribution in [2.75, 3.05) is 33.5 Å². The Morgan fingerprint density at radius 1 is 1.31 bits per heavy atom. The van der Waals surface area contributed by atoms with Gasteiger partial charge in [-0.05, 0) is 18.2 Å². The Bertz CT molecular complexity index is 842. The zero-order chi connectivity index (χ0) is 18.1. The molecule has 1 saturated heterocycles. The smallest absolute Gasteiger partial charge is 0.254 e. The fourth-order valence-electron chi connectivity index (χ4n) is 3.42. The number of para-hydroxylation sites is 1. The Kier molecular flexibility index (Phi) is 4.61. The van der Waals surface area contributed by atoms with Crippen molar-refractivity contribution in [3.63, 3.8) is 0 Å². The molecule has 2 aliphatic rings. The first-order valence-electron chi connectivity index (χ1n) is 8.43. The number of benzene rings is 2. The SMILES string of the molecule is COc1ccccc1C1CNCCN1C(=O)c1cc(Cl)c2c(c1)OCO2. The molecule has 0 saturated carbocycles. The predicted molar refractivity (Wildman–Crippen MR) is 97.2 cm³/mol. The highest BCUT2D eigenvalue weighted by molar-refractivity contribution is 6.32. The number of methoxy groups -OCH3 is 1. The molecular formula is C19H19ClN2O4. The van der Waals surface area contributed by atoms with E-state index in [2.05, 4.69) is 5.32 Å². The first-order chi connectivity index (χ1) is 12.7. The number of halogens is 1. The molecule has 2 aromatic rings. The Morgan fingerprint density at radius 3 is 3.00 bits per heavy atom. The second-order valence-electron chi connectivity index (χ2n) is 6.15. The minimum atomic E-state index is -0.128. The molecule has 0 aromatic heterocycles. The van der Waals surface area contributed by atoms with Crippen molar-refractivity contribution in [3.8, 4) is 17.2 Å². The number of nitrogens with zero attached hydrogens (tertiary/aromatic N) is 1. The maximum absolute atomic E-state index is 13.2. The van der Waals surface area contributed by atoms with Crippen molar-refractivity contribution in [3.05, 3.63) is 52.5 Å². The summed E-state index contributed by atoms with van der Waals surface area (Å²) in [4.78, 5) is 15.1. The number of nitrogens with one attached hydrogen (secondary N) is 1. The van der Waals surface area contributed by atoms with E-state index in [4.69, 9.17) is 25.8 Å². The molecule has 1 unspecified atom stereocenters. The summed E-state index contributed by atoms with van der Waals surface area (Å²) >= 11 is 6.25. The van der Waals surface area contributed by atoms with Crippen molar-refractivity contribution in [2.45, 2.75) is 6.04 Å². The topological polar surface area (TPSA) is 60.0 Å². The molecule has 1 amide bonds. The molecule has 2 heterocycles. The number of rotatable bonds is 3. The lowest BCUT2D eigenvalue weighted by atomic mass is 10.0. The molecule has 1 fully saturated rings. The van der Waals surface area contributed by atoms with Crippen LogP contribution in [0.5, 0.6) is 17.2 Å². The molecule has 1 N–H and O–H groups in total. The Hall–Kier alpha value is -2.44. The summed E-state index contributed by atoms with van der Waals surface area (Å²) in [7, 11) is 1.64. The number of carbonyl (C=O) groups is 1. The maximum Gasteiger partial charge on any atom is 0.254 e. The van der Waals surface area contributed by atoms with Crippen LogP contribution in [-0.4, -0.2) is 44.3 Å². The highest BCUT2D eigenvalue weighted by atomic mass is 35.5. The Balaban J connectivity index is 1.68. The van der Waals surface area contributed by atoms with Gasteiger partial charge in [-0.1, -0.05) is 29.8 Å². The quantitative estimate of drug-likeness (QED) is 0.895. The van der Waals surface area contributed by atoms with Crippen LogP contribution in [0.15, 0.2) is 36.4 Å². The van der Waals surface area contributed by atoms with E-state index in [0.717, 1.165) is 17.9 Å². The number of fused-ring (bicyclic) bond motifs is 1. The van der Waals surface area contributed by atoms with Crippen molar-refractivity contribution in [1.29, 1.82) is 0 Å². The van der Waals surface area contributed by atoms with Gasteiger partial charge in [0.15, 0.2) is 11.5 Å². The molecule has 136 valence electrons. The number of hydrogen-bond donors (Lipinski definition) is 1. The van der Waals surface area contributed by atoms with Gasteiger partial charge in [0.05, 0.1) is 18.2 Å². The molecule has 1 atom stereocenters. The number of hydrogen-bond acceptors (Lipinski definition) is 5. The monoisotopic (exact) mass is 374 g/mol. The highest BCUT2D eigenvalue weighted by Gasteiger charge is 2.31. The number of amides is 1. The molecule has 0 radical (unpaired) electrons. The molecule has 7 heteroatoms. The van der Waals surface area contributed by atoms with E-state index in [-0.39, 0.29) is 18.7 Å². The van der Waals surface area contributed by atoms with Crippen LogP contribution in [0.1, 0.15) is 22.0 Å². The van der Waals surface area contributed by atoms with E-state index in [1.165, 1.54) is 0 Å². The van der Waals surface area contributed by atoms with Crippen LogP contribution in [0.4, 0.5) is 0 Å². The second-order valence-corrected chi connectivity index (χ2v) is 6.56. The molecule has 26 heavy (non-hydrogen) atoms. The van der Waals surface area contributed by atoms with Crippen LogP contribution in [-0.2, 0) is 0 Å². The summed E-state index contributed by atoms with van der Waals surface area (Å²) in [6.45, 7) is 2.10. The summed E-state index contributed by atoms with van der Waals surface area (Å²) in [5, 5.41) is 3.74. The molecule has 2 aromatic carbocycles. The Morgan fingerprint density at radius 2 is 2.15 bits per heavy atom. The molecule has 0 spiro atoms. The van der Waals surface area contributed by atoms with E-state index in [9.17, 15) is 4.79 Å². The van der Waals surface area contributed by atoms with Crippen LogP contribution in [0, 0.1) is 0 Å². The molecule has 0 bridgehead atoms. The molecule has 4 rings (SSSR count). The molecule has 0 aliphatic carbocycles. The predicted octanol–water partition coefficient (Wildman–Crippen LogP) is 2.86. The van der Waals surface area contributed by atoms with Gasteiger partial charge in [0.2, 0.25) is 6.79 Å². The fourth-order valence-corrected chi connectivity index (χ4v) is 3.69. The van der Waals surface area contributed by atoms with Crippen molar-refractivity contribution in [2.24, 2.45) is 0 Å². The van der Waals surface area contributed by atoms with Crippen LogP contribution >= 0.6 is 11.6 Å². The van der Waals surface area contributed by atoms with E-state index >= 15 is 0 Å². The number of carbonyl (C=O) groups excluding carboxylic acids is 1. The lowest BCUT2D eigenvalue weighted by Crippen LogP contribution is -2.48. The van der Waals surface area contributed by atoms with Gasteiger partial charge in [0.25, 0.3) is 5.91 Å². The lowest BCUT2D eigenvalue weighted by molar-refractivity contribution is 0.0631. The van der Waals surface area contributed by atoms with Gasteiger partial charge in [0.1, 0.15) is 5.75 Å². The summed E-state index contributed by atoms with van der Waals surface area (Å²) in [5.41, 5.74) is 1.46. The van der Waals surface area contributed by atoms with Crippen LogP contribution in [0.25, 0.3) is 0 Å². The van der Waals surface area contributed by atoms with Gasteiger partial charge in [-0.15, -0.1) is 0 Å². The summed E-state index contributed by atoms with van der Waals surface area (Å²) < 4.78 is 16.2. The van der Waals surface area contributed by atoms with Gasteiger partial charge in [-0.3, -0.25) is 4.79 Å². The van der Waals surface area contributed by atoms with Gasteiger partial charge in [0, 0.05) is 30.8 Å². The van der Waals surface area contributed by atoms with Crippen LogP contribution in [0.3, 0.4) is 0 Å². The third-order valence-corrected chi connectivity index (χ3v) is 4.96. The van der Waals surface area contributed by atoms with Gasteiger partial charge >= 0.3 is 0 Å². The first-order valence-corrected chi connectivity index (χ1v) is 8.80. The summed E-state index contributed by atoms with van der Waals surface area (Å²) in [6.07, 6.45) is 0. The minimum absolute atomic E-state index is 0.0948. The van der Waals surface area contributed by atoms with Crippen molar-refractivity contribution >= 4 is 17.5 Å². The number of ether oxygens (including phenoxy) is 3. The van der Waals surface area contributed by atoms with Crippen LogP contribution < -0.4 is 19.5 Å². The van der Waals surface area contributed by atoms with E-state index in [1.807, 2.05) is 29.2 Å². The average Bonchev–Trinajstić information content (AvgIpc) is 3.16. The number of piperazine rings is 1.